The van der Waals surface area contributed by atoms with Crippen molar-refractivity contribution in [3.05, 3.63) is 65.2 Å². The van der Waals surface area contributed by atoms with Gasteiger partial charge in [-0.25, -0.2) is 8.78 Å². The quantitative estimate of drug-likeness (QED) is 0.909. The van der Waals surface area contributed by atoms with Crippen LogP contribution < -0.4 is 4.74 Å². The van der Waals surface area contributed by atoms with Crippen LogP contribution in [0.2, 0.25) is 0 Å². The van der Waals surface area contributed by atoms with Crippen molar-refractivity contribution in [1.82, 2.24) is 4.90 Å². The molecule has 0 aromatic heterocycles. The summed E-state index contributed by atoms with van der Waals surface area (Å²) in [7, 11) is 1.67. The minimum Gasteiger partial charge on any atom is -0.496 e. The van der Waals surface area contributed by atoms with Gasteiger partial charge >= 0.3 is 0 Å². The second-order valence-corrected chi connectivity index (χ2v) is 6.18. The zero-order valence-electron chi connectivity index (χ0n) is 13.6. The number of methoxy groups -OCH3 is 1. The Morgan fingerprint density at radius 2 is 2.00 bits per heavy atom. The summed E-state index contributed by atoms with van der Waals surface area (Å²) in [6, 6.07) is 11.5. The number of para-hydroxylation sites is 1. The Balaban J connectivity index is 1.64. The van der Waals surface area contributed by atoms with Gasteiger partial charge in [-0.1, -0.05) is 24.3 Å². The molecule has 0 amide bonds. The molecule has 1 saturated heterocycles. The van der Waals surface area contributed by atoms with Crippen LogP contribution in [-0.2, 0) is 0 Å². The third-order valence-electron chi connectivity index (χ3n) is 4.61. The lowest BCUT2D eigenvalue weighted by atomic mass is 9.97. The maximum absolute atomic E-state index is 13.3. The zero-order valence-corrected chi connectivity index (χ0v) is 13.6. The number of likely N-dealkylation sites (tertiary alicyclic amines) is 1. The SMILES string of the molecule is COc1ccccc1C1CCN(CC(O)c2ccc(F)c(F)c2)C1. The Hall–Kier alpha value is -1.98. The van der Waals surface area contributed by atoms with Crippen molar-refractivity contribution in [3.63, 3.8) is 0 Å². The summed E-state index contributed by atoms with van der Waals surface area (Å²) < 4.78 is 31.7. The third-order valence-corrected chi connectivity index (χ3v) is 4.61. The molecule has 0 bridgehead atoms. The molecule has 0 radical (unpaired) electrons. The summed E-state index contributed by atoms with van der Waals surface area (Å²) in [4.78, 5) is 2.14. The molecule has 3 rings (SSSR count). The number of rotatable bonds is 5. The topological polar surface area (TPSA) is 32.7 Å². The number of hydrogen-bond donors (Lipinski definition) is 1. The Labute approximate surface area is 140 Å². The molecule has 1 fully saturated rings. The highest BCUT2D eigenvalue weighted by atomic mass is 19.2. The van der Waals surface area contributed by atoms with E-state index in [1.165, 1.54) is 11.6 Å². The molecule has 5 heteroatoms. The van der Waals surface area contributed by atoms with Gasteiger partial charge in [0, 0.05) is 19.0 Å². The molecule has 1 aliphatic heterocycles. The van der Waals surface area contributed by atoms with Gasteiger partial charge in [0.2, 0.25) is 0 Å². The van der Waals surface area contributed by atoms with Crippen molar-refractivity contribution in [1.29, 1.82) is 0 Å². The molecule has 0 aliphatic carbocycles. The Morgan fingerprint density at radius 3 is 2.75 bits per heavy atom. The number of benzene rings is 2. The summed E-state index contributed by atoms with van der Waals surface area (Å²) in [5.74, 6) is -0.605. The van der Waals surface area contributed by atoms with Crippen LogP contribution in [0.3, 0.4) is 0 Å². The van der Waals surface area contributed by atoms with Crippen molar-refractivity contribution in [3.8, 4) is 5.75 Å². The molecule has 2 atom stereocenters. The highest BCUT2D eigenvalue weighted by Crippen LogP contribution is 2.34. The molecule has 3 nitrogen and oxygen atoms in total. The van der Waals surface area contributed by atoms with Crippen LogP contribution in [0.5, 0.6) is 5.75 Å². The van der Waals surface area contributed by atoms with E-state index in [4.69, 9.17) is 4.74 Å². The second-order valence-electron chi connectivity index (χ2n) is 6.18. The lowest BCUT2D eigenvalue weighted by molar-refractivity contribution is 0.125. The van der Waals surface area contributed by atoms with Crippen LogP contribution in [0.15, 0.2) is 42.5 Å². The van der Waals surface area contributed by atoms with E-state index in [0.29, 0.717) is 18.0 Å². The predicted molar refractivity (Wildman–Crippen MR) is 88.1 cm³/mol. The van der Waals surface area contributed by atoms with Gasteiger partial charge in [0.1, 0.15) is 5.75 Å². The van der Waals surface area contributed by atoms with Crippen LogP contribution in [0.1, 0.15) is 29.6 Å². The van der Waals surface area contributed by atoms with Crippen molar-refractivity contribution >= 4 is 0 Å². The fourth-order valence-corrected chi connectivity index (χ4v) is 3.33. The van der Waals surface area contributed by atoms with Crippen LogP contribution in [0, 0.1) is 11.6 Å². The molecule has 0 spiro atoms. The average molecular weight is 333 g/mol. The van der Waals surface area contributed by atoms with E-state index in [1.807, 2.05) is 18.2 Å². The normalized spacial score (nSPS) is 19.4. The van der Waals surface area contributed by atoms with E-state index < -0.39 is 17.7 Å². The first-order valence-electron chi connectivity index (χ1n) is 8.06. The molecule has 24 heavy (non-hydrogen) atoms. The van der Waals surface area contributed by atoms with E-state index in [0.717, 1.165) is 37.4 Å². The summed E-state index contributed by atoms with van der Waals surface area (Å²) in [6.45, 7) is 2.06. The standard InChI is InChI=1S/C19H21F2NO2/c1-24-19-5-3-2-4-15(19)14-8-9-22(11-14)12-18(23)13-6-7-16(20)17(21)10-13/h2-7,10,14,18,23H,8-9,11-12H2,1H3. The van der Waals surface area contributed by atoms with Gasteiger partial charge in [0.15, 0.2) is 11.6 Å². The van der Waals surface area contributed by atoms with E-state index in [1.54, 1.807) is 7.11 Å². The maximum atomic E-state index is 13.3. The highest BCUT2D eigenvalue weighted by molar-refractivity contribution is 5.37. The van der Waals surface area contributed by atoms with E-state index in [2.05, 4.69) is 11.0 Å². The van der Waals surface area contributed by atoms with E-state index in [9.17, 15) is 13.9 Å². The van der Waals surface area contributed by atoms with E-state index in [-0.39, 0.29) is 0 Å². The number of β-amino-alcohol motifs (C(OH)–C–C–N with tert-alkyl or cyclic N) is 1. The molecule has 1 heterocycles. The fourth-order valence-electron chi connectivity index (χ4n) is 3.33. The Bertz CT molecular complexity index is 708. The Morgan fingerprint density at radius 1 is 1.21 bits per heavy atom. The fraction of sp³-hybridized carbons (Fsp3) is 0.368. The van der Waals surface area contributed by atoms with Crippen LogP contribution in [-0.4, -0.2) is 36.8 Å². The molecular formula is C19H21F2NO2. The van der Waals surface area contributed by atoms with E-state index >= 15 is 0 Å². The molecule has 1 N–H and O–H groups in total. The highest BCUT2D eigenvalue weighted by Gasteiger charge is 2.27. The van der Waals surface area contributed by atoms with Gasteiger partial charge in [-0.15, -0.1) is 0 Å². The van der Waals surface area contributed by atoms with Crippen molar-refractivity contribution in [2.45, 2.75) is 18.4 Å². The smallest absolute Gasteiger partial charge is 0.159 e. The Kier molecular flexibility index (Phi) is 5.11. The predicted octanol–water partition coefficient (Wildman–Crippen LogP) is 3.50. The lowest BCUT2D eigenvalue weighted by Gasteiger charge is -2.21. The zero-order chi connectivity index (χ0) is 17.1. The van der Waals surface area contributed by atoms with Gasteiger partial charge in [-0.3, -0.25) is 4.90 Å². The minimum atomic E-state index is -0.931. The van der Waals surface area contributed by atoms with Gasteiger partial charge in [-0.05, 0) is 42.3 Å². The number of hydrogen-bond acceptors (Lipinski definition) is 3. The number of nitrogens with zero attached hydrogens (tertiary/aromatic N) is 1. The minimum absolute atomic E-state index is 0.346. The lowest BCUT2D eigenvalue weighted by Crippen LogP contribution is -2.26. The summed E-state index contributed by atoms with van der Waals surface area (Å²) in [5.41, 5.74) is 1.57. The molecule has 2 aromatic rings. The first kappa shape index (κ1) is 16.9. The molecule has 2 aromatic carbocycles. The van der Waals surface area contributed by atoms with Crippen molar-refractivity contribution < 1.29 is 18.6 Å². The van der Waals surface area contributed by atoms with Crippen LogP contribution in [0.4, 0.5) is 8.78 Å². The van der Waals surface area contributed by atoms with Crippen molar-refractivity contribution in [2.75, 3.05) is 26.7 Å². The number of aliphatic hydroxyl groups excluding tert-OH is 1. The first-order chi connectivity index (χ1) is 11.6. The van der Waals surface area contributed by atoms with Gasteiger partial charge in [0.05, 0.1) is 13.2 Å². The third kappa shape index (κ3) is 3.57. The van der Waals surface area contributed by atoms with Crippen LogP contribution >= 0.6 is 0 Å². The molecular weight excluding hydrogens is 312 g/mol. The molecule has 1 aliphatic rings. The van der Waals surface area contributed by atoms with Gasteiger partial charge in [-0.2, -0.15) is 0 Å². The number of aliphatic hydroxyl groups is 1. The summed E-state index contributed by atoms with van der Waals surface area (Å²) in [6.07, 6.45) is 0.140. The largest absolute Gasteiger partial charge is 0.496 e. The van der Waals surface area contributed by atoms with Gasteiger partial charge in [0.25, 0.3) is 0 Å². The van der Waals surface area contributed by atoms with Crippen molar-refractivity contribution in [2.24, 2.45) is 0 Å². The molecule has 128 valence electrons. The summed E-state index contributed by atoms with van der Waals surface area (Å²) >= 11 is 0. The second kappa shape index (κ2) is 7.28. The molecule has 2 unspecified atom stereocenters. The first-order valence-corrected chi connectivity index (χ1v) is 8.06. The maximum Gasteiger partial charge on any atom is 0.159 e. The number of halogens is 2. The average Bonchev–Trinajstić information content (AvgIpc) is 3.05. The monoisotopic (exact) mass is 333 g/mol. The summed E-state index contributed by atoms with van der Waals surface area (Å²) in [5, 5.41) is 10.3. The van der Waals surface area contributed by atoms with Crippen LogP contribution in [0.25, 0.3) is 0 Å². The number of ether oxygens (including phenoxy) is 1. The molecule has 0 saturated carbocycles. The van der Waals surface area contributed by atoms with Gasteiger partial charge < -0.3 is 9.84 Å².